The molecule has 1 aliphatic carbocycles. The molecular weight excluding hydrogens is 738 g/mol. The van der Waals surface area contributed by atoms with Crippen molar-refractivity contribution >= 4 is 52.2 Å². The van der Waals surface area contributed by atoms with E-state index in [9.17, 15) is 4.39 Å². The largest absolute Gasteiger partial charge is 0.401 e. The number of fused-ring (bicyclic) bond motifs is 3. The number of aromatic nitrogens is 1. The highest BCUT2D eigenvalue weighted by Gasteiger charge is 2.55. The third-order valence-corrected chi connectivity index (χ3v) is 15.6. The van der Waals surface area contributed by atoms with Crippen molar-refractivity contribution in [2.75, 3.05) is 13.2 Å². The van der Waals surface area contributed by atoms with E-state index in [1.54, 1.807) is 35.6 Å². The molecule has 2 aliphatic rings. The molecule has 0 saturated carbocycles. The smallest absolute Gasteiger partial charge is 0.282 e. The summed E-state index contributed by atoms with van der Waals surface area (Å²) in [7, 11) is -3.29. The highest BCUT2D eigenvalue weighted by atomic mass is 127. The molecule has 1 aromatic heterocycles. The van der Waals surface area contributed by atoms with Crippen molar-refractivity contribution in [2.24, 2.45) is 5.92 Å². The molecule has 1 aliphatic heterocycles. The van der Waals surface area contributed by atoms with Gasteiger partial charge in [-0.15, -0.1) is 0 Å². The molecule has 2 heterocycles. The number of hydrogen-bond donors (Lipinski definition) is 1. The van der Waals surface area contributed by atoms with Gasteiger partial charge in [0.05, 0.1) is 25.1 Å². The van der Waals surface area contributed by atoms with Gasteiger partial charge in [-0.2, -0.15) is 0 Å². The Morgan fingerprint density at radius 2 is 1.60 bits per heavy atom. The lowest BCUT2D eigenvalue weighted by Gasteiger charge is -2.48. The number of hydrogen-bond acceptors (Lipinski definition) is 2. The van der Waals surface area contributed by atoms with E-state index in [2.05, 4.69) is 4.98 Å². The van der Waals surface area contributed by atoms with Gasteiger partial charge in [-0.1, -0.05) is 87.5 Å². The zero-order chi connectivity index (χ0) is 33.8. The summed E-state index contributed by atoms with van der Waals surface area (Å²) in [5, 5.41) is 1.83. The van der Waals surface area contributed by atoms with Gasteiger partial charge in [0.1, 0.15) is 11.6 Å². The topological polar surface area (TPSA) is 28.3 Å². The van der Waals surface area contributed by atoms with Crippen molar-refractivity contribution < 1.29 is 26.4 Å². The summed E-state index contributed by atoms with van der Waals surface area (Å²) in [4.78, 5) is 4.75. The Balaban J connectivity index is 1.40. The van der Waals surface area contributed by atoms with Crippen LogP contribution in [0.2, 0.25) is 5.04 Å². The summed E-state index contributed by atoms with van der Waals surface area (Å²) >= 11 is 1.55. The van der Waals surface area contributed by atoms with Crippen LogP contribution in [0.15, 0.2) is 103 Å². The van der Waals surface area contributed by atoms with E-state index in [1.165, 1.54) is 35.3 Å². The second-order valence-corrected chi connectivity index (χ2v) is 19.7. The summed E-state index contributed by atoms with van der Waals surface area (Å²) in [6.45, 7) is 6.17. The van der Waals surface area contributed by atoms with Crippen LogP contribution in [-0.4, -0.2) is 47.0 Å². The van der Waals surface area contributed by atoms with Crippen molar-refractivity contribution in [3.63, 3.8) is 0 Å². The first kappa shape index (κ1) is 34.1. The van der Waals surface area contributed by atoms with Crippen molar-refractivity contribution in [2.45, 2.75) is 60.8 Å². The Bertz CT molecular complexity index is 1760. The summed E-state index contributed by atoms with van der Waals surface area (Å²) < 4.78 is 83.9. The fourth-order valence-corrected chi connectivity index (χ4v) is 12.9. The Kier molecular flexibility index (Phi) is 9.12. The molecule has 6 rings (SSSR count). The van der Waals surface area contributed by atoms with Crippen LogP contribution in [0.1, 0.15) is 45.0 Å². The number of alkyl halides is 4. The number of nitrogens with zero attached hydrogens (tertiary/aromatic N) is 1. The molecule has 4 atom stereocenters. The molecule has 248 valence electrons. The number of benzene rings is 3. The maximum Gasteiger partial charge on any atom is 0.282 e. The number of rotatable bonds is 8. The first-order valence-corrected chi connectivity index (χ1v) is 18.7. The van der Waals surface area contributed by atoms with Crippen LogP contribution in [0.5, 0.6) is 0 Å². The number of aromatic amines is 1. The number of halogens is 6. The fourth-order valence-electron chi connectivity index (χ4n) is 7.49. The van der Waals surface area contributed by atoms with Gasteiger partial charge in [0.15, 0.2) is 3.68 Å². The lowest BCUT2D eigenvalue weighted by atomic mass is 9.80. The minimum atomic E-state index is -3.40. The van der Waals surface area contributed by atoms with E-state index in [1.807, 2.05) is 81.4 Å². The lowest BCUT2D eigenvalue weighted by Crippen LogP contribution is -2.67. The Morgan fingerprint density at radius 3 is 2.17 bits per heavy atom. The van der Waals surface area contributed by atoms with Gasteiger partial charge in [-0.05, 0) is 87.3 Å². The summed E-state index contributed by atoms with van der Waals surface area (Å²) in [5.74, 6) is -6.00. The van der Waals surface area contributed by atoms with Crippen LogP contribution >= 0.6 is 22.6 Å². The molecule has 4 unspecified atom stereocenters. The van der Waals surface area contributed by atoms with Crippen LogP contribution < -0.4 is 10.4 Å². The quantitative estimate of drug-likeness (QED) is 0.0839. The number of allylic oxidation sites excluding steroid dienone is 3. The van der Waals surface area contributed by atoms with Gasteiger partial charge in [0, 0.05) is 22.6 Å². The van der Waals surface area contributed by atoms with E-state index in [4.69, 9.17) is 4.43 Å². The predicted molar refractivity (Wildman–Crippen MR) is 189 cm³/mol. The Hall–Kier alpha value is -2.80. The maximum atomic E-state index is 16.6. The number of nitrogens with one attached hydrogen (secondary N) is 1. The van der Waals surface area contributed by atoms with Crippen molar-refractivity contribution in [3.05, 3.63) is 120 Å². The molecule has 3 nitrogen and oxygen atoms in total. The zero-order valence-corrected chi connectivity index (χ0v) is 29.9. The van der Waals surface area contributed by atoms with E-state index >= 15 is 17.6 Å². The number of H-pyrrole nitrogens is 1. The fraction of sp³-hybridized carbons (Fsp3) is 0.351. The molecule has 1 N–H and O–H groups in total. The maximum absolute atomic E-state index is 16.6. The minimum Gasteiger partial charge on any atom is -0.401 e. The monoisotopic (exact) mass is 776 g/mol. The predicted octanol–water partition coefficient (Wildman–Crippen LogP) is 8.95. The standard InChI is InChI=1S/C37H38F5IN2OSi/c1-24-20-29-28-21-25(38)17-18-31(28)44-33(29)34(32-30(39)16-11-19-37(32,42)43)45(24)22-36(40,41)23-46-47(35(2,3)4,26-12-7-5-8-13-26)27-14-9-6-10-15-27/h5-19,21,24,32,34,44H,20,22-23H2,1-4H3. The van der Waals surface area contributed by atoms with Crippen molar-refractivity contribution in [1.82, 2.24) is 9.88 Å². The van der Waals surface area contributed by atoms with Gasteiger partial charge in [0.25, 0.3) is 14.2 Å². The average molecular weight is 777 g/mol. The van der Waals surface area contributed by atoms with Crippen LogP contribution in [-0.2, 0) is 10.8 Å². The van der Waals surface area contributed by atoms with E-state index < -0.39 is 65.8 Å². The van der Waals surface area contributed by atoms with Crippen LogP contribution in [0.25, 0.3) is 10.9 Å². The SMILES string of the molecule is CC1Cc2c([nH]c3ccc(F)cc23)C(C2C(F)=CC=CC2(F)I)N1CC(F)(F)CO[Si](c1ccccc1)(c1ccccc1)C(C)(C)C. The molecule has 0 bridgehead atoms. The third kappa shape index (κ3) is 6.26. The molecule has 0 fully saturated rings. The molecule has 0 saturated heterocycles. The van der Waals surface area contributed by atoms with Gasteiger partial charge < -0.3 is 9.41 Å². The van der Waals surface area contributed by atoms with Crippen LogP contribution in [0.4, 0.5) is 22.0 Å². The summed E-state index contributed by atoms with van der Waals surface area (Å²) in [5.41, 5.74) is 1.70. The van der Waals surface area contributed by atoms with Crippen molar-refractivity contribution in [1.29, 1.82) is 0 Å². The lowest BCUT2D eigenvalue weighted by molar-refractivity contribution is -0.0935. The van der Waals surface area contributed by atoms with Gasteiger partial charge in [-0.25, -0.2) is 22.0 Å². The van der Waals surface area contributed by atoms with Crippen LogP contribution in [0, 0.1) is 11.7 Å². The third-order valence-electron chi connectivity index (χ3n) is 9.55. The second kappa shape index (κ2) is 12.6. The van der Waals surface area contributed by atoms with E-state index in [-0.39, 0.29) is 0 Å². The highest BCUT2D eigenvalue weighted by molar-refractivity contribution is 14.1. The molecule has 0 spiro atoms. The molecule has 47 heavy (non-hydrogen) atoms. The molecular formula is C37H38F5IN2OSi. The van der Waals surface area contributed by atoms with E-state index in [0.717, 1.165) is 10.4 Å². The first-order valence-electron chi connectivity index (χ1n) is 15.8. The zero-order valence-electron chi connectivity index (χ0n) is 26.7. The first-order chi connectivity index (χ1) is 22.1. The van der Waals surface area contributed by atoms with Gasteiger partial charge in [-0.3, -0.25) is 4.90 Å². The van der Waals surface area contributed by atoms with E-state index in [0.29, 0.717) is 28.6 Å². The Labute approximate surface area is 287 Å². The molecule has 0 radical (unpaired) electrons. The van der Waals surface area contributed by atoms with Crippen LogP contribution in [0.3, 0.4) is 0 Å². The van der Waals surface area contributed by atoms with Gasteiger partial charge in [0.2, 0.25) is 0 Å². The second-order valence-electron chi connectivity index (χ2n) is 13.7. The summed E-state index contributed by atoms with van der Waals surface area (Å²) in [6, 6.07) is 21.7. The normalized spacial score (nSPS) is 24.0. The Morgan fingerprint density at radius 1 is 0.979 bits per heavy atom. The van der Waals surface area contributed by atoms with Crippen molar-refractivity contribution in [3.8, 4) is 0 Å². The van der Waals surface area contributed by atoms with Gasteiger partial charge >= 0.3 is 0 Å². The molecule has 4 aromatic rings. The summed E-state index contributed by atoms with van der Waals surface area (Å²) in [6.07, 6.45) is 4.05. The molecule has 3 aromatic carbocycles. The molecule has 10 heteroatoms. The highest BCUT2D eigenvalue weighted by Crippen LogP contribution is 2.52. The molecule has 0 amide bonds. The average Bonchev–Trinajstić information content (AvgIpc) is 3.36. The minimum absolute atomic E-state index is 0.301.